The highest BCUT2D eigenvalue weighted by atomic mass is 16.1. The Kier molecular flexibility index (Phi) is 2.63. The molecule has 0 aliphatic carbocycles. The van der Waals surface area contributed by atoms with Gasteiger partial charge in [0.2, 0.25) is 0 Å². The van der Waals surface area contributed by atoms with Gasteiger partial charge >= 0.3 is 0 Å². The summed E-state index contributed by atoms with van der Waals surface area (Å²) in [6, 6.07) is 0. The lowest BCUT2D eigenvalue weighted by Crippen LogP contribution is -2.13. The fourth-order valence-electron chi connectivity index (χ4n) is 1.65. The van der Waals surface area contributed by atoms with Gasteiger partial charge in [-0.2, -0.15) is 5.10 Å². The second-order valence-corrected chi connectivity index (χ2v) is 3.88. The second-order valence-electron chi connectivity index (χ2n) is 3.88. The second kappa shape index (κ2) is 3.97. The van der Waals surface area contributed by atoms with Gasteiger partial charge in [-0.1, -0.05) is 0 Å². The lowest BCUT2D eigenvalue weighted by atomic mass is 10.1. The third-order valence-corrected chi connectivity index (χ3v) is 2.41. The van der Waals surface area contributed by atoms with E-state index < -0.39 is 5.91 Å². The van der Waals surface area contributed by atoms with Crippen molar-refractivity contribution in [3.8, 4) is 11.3 Å². The number of carbonyl (C=O) groups excluding carboxylic acids is 1. The largest absolute Gasteiger partial charge is 0.364 e. The van der Waals surface area contributed by atoms with Gasteiger partial charge in [-0.25, -0.2) is 9.97 Å². The fraction of sp³-hybridized carbons (Fsp3) is 0.273. The summed E-state index contributed by atoms with van der Waals surface area (Å²) in [6.07, 6.45) is 3.45. The Bertz CT molecular complexity index is 588. The molecule has 0 aliphatic heterocycles. The van der Waals surface area contributed by atoms with Crippen molar-refractivity contribution in [1.82, 2.24) is 19.7 Å². The van der Waals surface area contributed by atoms with Crippen LogP contribution in [0.1, 0.15) is 21.9 Å². The van der Waals surface area contributed by atoms with Crippen molar-refractivity contribution in [2.45, 2.75) is 13.8 Å². The van der Waals surface area contributed by atoms with E-state index in [2.05, 4.69) is 15.1 Å². The molecular weight excluding hydrogens is 218 g/mol. The zero-order chi connectivity index (χ0) is 12.6. The highest BCUT2D eigenvalue weighted by Gasteiger charge is 2.17. The summed E-state index contributed by atoms with van der Waals surface area (Å²) < 4.78 is 1.55. The van der Waals surface area contributed by atoms with Crippen LogP contribution in [0, 0.1) is 13.8 Å². The molecule has 0 spiro atoms. The topological polar surface area (TPSA) is 86.7 Å². The van der Waals surface area contributed by atoms with Gasteiger partial charge in [-0.15, -0.1) is 0 Å². The van der Waals surface area contributed by atoms with Crippen molar-refractivity contribution in [3.63, 3.8) is 0 Å². The molecule has 2 aromatic heterocycles. The smallest absolute Gasteiger partial charge is 0.269 e. The normalized spacial score (nSPS) is 10.5. The molecule has 0 bridgehead atoms. The van der Waals surface area contributed by atoms with Crippen LogP contribution in [0.2, 0.25) is 0 Å². The number of nitrogens with two attached hydrogens (primary N) is 1. The summed E-state index contributed by atoms with van der Waals surface area (Å²) in [4.78, 5) is 19.7. The number of hydrogen-bond donors (Lipinski definition) is 1. The monoisotopic (exact) mass is 231 g/mol. The Morgan fingerprint density at radius 1 is 1.41 bits per heavy atom. The minimum Gasteiger partial charge on any atom is -0.364 e. The minimum atomic E-state index is -0.559. The highest BCUT2D eigenvalue weighted by molar-refractivity contribution is 5.97. The molecular formula is C11H13N5O. The van der Waals surface area contributed by atoms with Gasteiger partial charge in [-0.3, -0.25) is 9.48 Å². The first kappa shape index (κ1) is 11.3. The number of aromatic nitrogens is 4. The van der Waals surface area contributed by atoms with Gasteiger partial charge in [0, 0.05) is 19.4 Å². The predicted octanol–water partition coefficient (Wildman–Crippen LogP) is 0.593. The molecule has 2 aromatic rings. The van der Waals surface area contributed by atoms with Gasteiger partial charge in [0.15, 0.2) is 5.69 Å². The summed E-state index contributed by atoms with van der Waals surface area (Å²) in [5, 5.41) is 4.04. The van der Waals surface area contributed by atoms with Gasteiger partial charge in [0.1, 0.15) is 5.82 Å². The zero-order valence-electron chi connectivity index (χ0n) is 9.93. The van der Waals surface area contributed by atoms with Gasteiger partial charge < -0.3 is 5.73 Å². The summed E-state index contributed by atoms with van der Waals surface area (Å²) in [7, 11) is 1.74. The van der Waals surface area contributed by atoms with Crippen LogP contribution in [0.4, 0.5) is 0 Å². The van der Waals surface area contributed by atoms with E-state index in [1.807, 2.05) is 6.92 Å². The van der Waals surface area contributed by atoms with Gasteiger partial charge in [0.25, 0.3) is 5.91 Å². The van der Waals surface area contributed by atoms with Crippen LogP contribution in [-0.4, -0.2) is 25.7 Å². The quantitative estimate of drug-likeness (QED) is 0.819. The summed E-state index contributed by atoms with van der Waals surface area (Å²) in [5.74, 6) is 0.0844. The highest BCUT2D eigenvalue weighted by Crippen LogP contribution is 2.23. The summed E-state index contributed by atoms with van der Waals surface area (Å²) in [6.45, 7) is 3.68. The SMILES string of the molecule is Cc1ncc(C)c(-c2cn(C)nc2C(N)=O)n1. The number of amides is 1. The van der Waals surface area contributed by atoms with Crippen LogP contribution >= 0.6 is 0 Å². The van der Waals surface area contributed by atoms with E-state index in [4.69, 9.17) is 5.73 Å². The maximum Gasteiger partial charge on any atom is 0.269 e. The lowest BCUT2D eigenvalue weighted by molar-refractivity contribution is 0.0995. The maximum atomic E-state index is 11.3. The third-order valence-electron chi connectivity index (χ3n) is 2.41. The molecule has 0 unspecified atom stereocenters. The minimum absolute atomic E-state index is 0.230. The first-order valence-corrected chi connectivity index (χ1v) is 5.13. The number of primary amides is 1. The van der Waals surface area contributed by atoms with E-state index >= 15 is 0 Å². The summed E-state index contributed by atoms with van der Waals surface area (Å²) in [5.41, 5.74) is 7.74. The van der Waals surface area contributed by atoms with E-state index in [1.54, 1.807) is 31.0 Å². The van der Waals surface area contributed by atoms with Crippen LogP contribution in [0.5, 0.6) is 0 Å². The Hall–Kier alpha value is -2.24. The van der Waals surface area contributed by atoms with E-state index in [0.717, 1.165) is 5.56 Å². The van der Waals surface area contributed by atoms with E-state index in [0.29, 0.717) is 17.1 Å². The van der Waals surface area contributed by atoms with Crippen LogP contribution in [0.15, 0.2) is 12.4 Å². The van der Waals surface area contributed by atoms with E-state index in [9.17, 15) is 4.79 Å². The van der Waals surface area contributed by atoms with E-state index in [-0.39, 0.29) is 5.69 Å². The first-order chi connectivity index (χ1) is 7.99. The number of aryl methyl sites for hydroxylation is 3. The van der Waals surface area contributed by atoms with Crippen molar-refractivity contribution in [1.29, 1.82) is 0 Å². The molecule has 0 saturated heterocycles. The summed E-state index contributed by atoms with van der Waals surface area (Å²) >= 11 is 0. The van der Waals surface area contributed by atoms with Gasteiger partial charge in [0.05, 0.1) is 11.3 Å². The molecule has 0 aromatic carbocycles. The Balaban J connectivity index is 2.67. The Morgan fingerprint density at radius 3 is 2.76 bits per heavy atom. The molecule has 0 fully saturated rings. The van der Waals surface area contributed by atoms with Crippen molar-refractivity contribution < 1.29 is 4.79 Å². The fourth-order valence-corrected chi connectivity index (χ4v) is 1.65. The molecule has 2 rings (SSSR count). The molecule has 1 amide bonds. The van der Waals surface area contributed by atoms with Crippen molar-refractivity contribution in [2.75, 3.05) is 0 Å². The number of nitrogens with zero attached hydrogens (tertiary/aromatic N) is 4. The maximum absolute atomic E-state index is 11.3. The van der Waals surface area contributed by atoms with Crippen LogP contribution in [-0.2, 0) is 7.05 Å². The first-order valence-electron chi connectivity index (χ1n) is 5.13. The standard InChI is InChI=1S/C11H13N5O/c1-6-4-13-7(2)14-9(6)8-5-16(3)15-10(8)11(12)17/h4-5H,1-3H3,(H2,12,17). The molecule has 17 heavy (non-hydrogen) atoms. The van der Waals surface area contributed by atoms with Crippen molar-refractivity contribution >= 4 is 5.91 Å². The lowest BCUT2D eigenvalue weighted by Gasteiger charge is -2.03. The molecule has 2 N–H and O–H groups in total. The number of carbonyl (C=O) groups is 1. The van der Waals surface area contributed by atoms with Crippen LogP contribution in [0.25, 0.3) is 11.3 Å². The molecule has 0 atom stereocenters. The van der Waals surface area contributed by atoms with Gasteiger partial charge in [-0.05, 0) is 19.4 Å². The van der Waals surface area contributed by atoms with Crippen LogP contribution in [0.3, 0.4) is 0 Å². The Morgan fingerprint density at radius 2 is 2.12 bits per heavy atom. The van der Waals surface area contributed by atoms with Crippen molar-refractivity contribution in [3.05, 3.63) is 29.5 Å². The van der Waals surface area contributed by atoms with Crippen LogP contribution < -0.4 is 5.73 Å². The molecule has 0 aliphatic rings. The Labute approximate surface area is 98.5 Å². The molecule has 6 heteroatoms. The molecule has 6 nitrogen and oxygen atoms in total. The van der Waals surface area contributed by atoms with Crippen molar-refractivity contribution in [2.24, 2.45) is 12.8 Å². The average Bonchev–Trinajstić information content (AvgIpc) is 2.64. The van der Waals surface area contributed by atoms with E-state index in [1.165, 1.54) is 0 Å². The third kappa shape index (κ3) is 2.01. The number of hydrogen-bond acceptors (Lipinski definition) is 4. The zero-order valence-corrected chi connectivity index (χ0v) is 9.93. The average molecular weight is 231 g/mol. The molecule has 0 radical (unpaired) electrons. The number of rotatable bonds is 2. The predicted molar refractivity (Wildman–Crippen MR) is 62.2 cm³/mol. The molecule has 0 saturated carbocycles. The molecule has 88 valence electrons. The molecule has 2 heterocycles.